The summed E-state index contributed by atoms with van der Waals surface area (Å²) in [7, 11) is 0. The zero-order valence-corrected chi connectivity index (χ0v) is 11.9. The van der Waals surface area contributed by atoms with Crippen LogP contribution in [0.15, 0.2) is 23.8 Å². The highest BCUT2D eigenvalue weighted by molar-refractivity contribution is 6.32. The number of benzene rings is 1. The lowest BCUT2D eigenvalue weighted by Gasteiger charge is -2.30. The standard InChI is InChI=1S/C15H13ClO4/c1-15(2)19-13(17)12(14(18)20-15)10-7-6-9-8(10)4-3-5-11(9)16/h3-5H,6-7H2,1-2H3. The highest BCUT2D eigenvalue weighted by Gasteiger charge is 2.41. The van der Waals surface area contributed by atoms with Gasteiger partial charge in [-0.15, -0.1) is 0 Å². The second-order valence-corrected chi connectivity index (χ2v) is 5.71. The fourth-order valence-corrected chi connectivity index (χ4v) is 2.91. The van der Waals surface area contributed by atoms with Crippen LogP contribution >= 0.6 is 11.6 Å². The van der Waals surface area contributed by atoms with Crippen molar-refractivity contribution in [1.29, 1.82) is 0 Å². The minimum Gasteiger partial charge on any atom is -0.419 e. The third-order valence-electron chi connectivity index (χ3n) is 3.46. The molecule has 3 rings (SSSR count). The largest absolute Gasteiger partial charge is 0.419 e. The van der Waals surface area contributed by atoms with E-state index in [0.29, 0.717) is 23.4 Å². The SMILES string of the molecule is CC1(C)OC(=O)C(=C2CCc3c(Cl)cccc32)C(=O)O1. The molecule has 1 aromatic rings. The molecule has 1 fully saturated rings. The second kappa shape index (κ2) is 4.35. The molecule has 0 N–H and O–H groups in total. The van der Waals surface area contributed by atoms with E-state index in [1.807, 2.05) is 6.07 Å². The van der Waals surface area contributed by atoms with E-state index in [0.717, 1.165) is 11.1 Å². The lowest BCUT2D eigenvalue weighted by molar-refractivity contribution is -0.222. The minimum atomic E-state index is -1.21. The van der Waals surface area contributed by atoms with E-state index >= 15 is 0 Å². The van der Waals surface area contributed by atoms with Crippen LogP contribution in [0.25, 0.3) is 5.57 Å². The number of hydrogen-bond donors (Lipinski definition) is 0. The molecule has 0 unspecified atom stereocenters. The molecule has 1 aliphatic carbocycles. The Balaban J connectivity index is 2.12. The van der Waals surface area contributed by atoms with Gasteiger partial charge in [-0.05, 0) is 35.6 Å². The quantitative estimate of drug-likeness (QED) is 0.419. The number of ether oxygens (including phenoxy) is 2. The van der Waals surface area contributed by atoms with Crippen LogP contribution in [-0.4, -0.2) is 17.7 Å². The van der Waals surface area contributed by atoms with Crippen LogP contribution in [0.1, 0.15) is 31.4 Å². The summed E-state index contributed by atoms with van der Waals surface area (Å²) in [6, 6.07) is 5.46. The molecule has 0 bridgehead atoms. The molecule has 1 aromatic carbocycles. The number of allylic oxidation sites excluding steroid dienone is 1. The summed E-state index contributed by atoms with van der Waals surface area (Å²) < 4.78 is 10.3. The summed E-state index contributed by atoms with van der Waals surface area (Å²) in [6.45, 7) is 3.06. The van der Waals surface area contributed by atoms with Crippen molar-refractivity contribution in [2.24, 2.45) is 0 Å². The highest BCUT2D eigenvalue weighted by atomic mass is 35.5. The van der Waals surface area contributed by atoms with Crippen LogP contribution in [0.4, 0.5) is 0 Å². The van der Waals surface area contributed by atoms with Crippen molar-refractivity contribution < 1.29 is 19.1 Å². The van der Waals surface area contributed by atoms with E-state index in [2.05, 4.69) is 0 Å². The Morgan fingerprint density at radius 1 is 1.10 bits per heavy atom. The molecule has 0 spiro atoms. The maximum absolute atomic E-state index is 12.1. The molecule has 2 aliphatic rings. The van der Waals surface area contributed by atoms with Gasteiger partial charge in [0.25, 0.3) is 5.79 Å². The van der Waals surface area contributed by atoms with Gasteiger partial charge >= 0.3 is 11.9 Å². The lowest BCUT2D eigenvalue weighted by atomic mass is 10.0. The van der Waals surface area contributed by atoms with Crippen LogP contribution in [0, 0.1) is 0 Å². The molecule has 0 atom stereocenters. The Morgan fingerprint density at radius 3 is 2.40 bits per heavy atom. The monoisotopic (exact) mass is 292 g/mol. The van der Waals surface area contributed by atoms with Crippen molar-refractivity contribution in [1.82, 2.24) is 0 Å². The first-order valence-electron chi connectivity index (χ1n) is 6.36. The van der Waals surface area contributed by atoms with Crippen molar-refractivity contribution in [3.63, 3.8) is 0 Å². The Hall–Kier alpha value is -1.81. The minimum absolute atomic E-state index is 0.00894. The van der Waals surface area contributed by atoms with Crippen molar-refractivity contribution in [2.75, 3.05) is 0 Å². The number of esters is 2. The Labute approximate surface area is 121 Å². The third-order valence-corrected chi connectivity index (χ3v) is 3.81. The fraction of sp³-hybridized carbons (Fsp3) is 0.333. The predicted octanol–water partition coefficient (Wildman–Crippen LogP) is 2.88. The molecule has 1 heterocycles. The van der Waals surface area contributed by atoms with Crippen LogP contribution in [0.2, 0.25) is 5.02 Å². The summed E-state index contributed by atoms with van der Waals surface area (Å²) in [4.78, 5) is 24.2. The second-order valence-electron chi connectivity index (χ2n) is 5.30. The van der Waals surface area contributed by atoms with Gasteiger partial charge in [-0.2, -0.15) is 0 Å². The zero-order valence-electron chi connectivity index (χ0n) is 11.2. The molecule has 20 heavy (non-hydrogen) atoms. The first-order chi connectivity index (χ1) is 9.39. The zero-order chi connectivity index (χ0) is 14.5. The molecule has 0 amide bonds. The number of cyclic esters (lactones) is 2. The number of rotatable bonds is 0. The van der Waals surface area contributed by atoms with E-state index in [1.165, 1.54) is 13.8 Å². The number of halogens is 1. The van der Waals surface area contributed by atoms with E-state index in [9.17, 15) is 9.59 Å². The number of hydrogen-bond acceptors (Lipinski definition) is 4. The van der Waals surface area contributed by atoms with Crippen molar-refractivity contribution >= 4 is 29.1 Å². The highest BCUT2D eigenvalue weighted by Crippen LogP contribution is 2.40. The summed E-state index contributed by atoms with van der Waals surface area (Å²) in [5.41, 5.74) is 2.45. The summed E-state index contributed by atoms with van der Waals surface area (Å²) >= 11 is 6.14. The predicted molar refractivity (Wildman–Crippen MR) is 73.0 cm³/mol. The van der Waals surface area contributed by atoms with Gasteiger partial charge in [-0.1, -0.05) is 23.7 Å². The Kier molecular flexibility index (Phi) is 2.87. The van der Waals surface area contributed by atoms with E-state index in [4.69, 9.17) is 21.1 Å². The van der Waals surface area contributed by atoms with E-state index < -0.39 is 17.7 Å². The van der Waals surface area contributed by atoms with Crippen molar-refractivity contribution in [3.8, 4) is 0 Å². The molecule has 1 aliphatic heterocycles. The van der Waals surface area contributed by atoms with Gasteiger partial charge in [0, 0.05) is 18.9 Å². The molecule has 1 saturated heterocycles. The Morgan fingerprint density at radius 2 is 1.75 bits per heavy atom. The average molecular weight is 293 g/mol. The maximum Gasteiger partial charge on any atom is 0.349 e. The molecule has 4 nitrogen and oxygen atoms in total. The van der Waals surface area contributed by atoms with Crippen LogP contribution in [-0.2, 0) is 25.5 Å². The van der Waals surface area contributed by atoms with Crippen LogP contribution in [0.3, 0.4) is 0 Å². The molecule has 5 heteroatoms. The van der Waals surface area contributed by atoms with E-state index in [1.54, 1.807) is 12.1 Å². The van der Waals surface area contributed by atoms with Crippen LogP contribution in [0.5, 0.6) is 0 Å². The summed E-state index contributed by atoms with van der Waals surface area (Å²) in [5, 5.41) is 0.649. The van der Waals surface area contributed by atoms with Gasteiger partial charge in [0.2, 0.25) is 0 Å². The summed E-state index contributed by atoms with van der Waals surface area (Å²) in [6.07, 6.45) is 1.29. The first kappa shape index (κ1) is 13.2. The molecule has 0 aromatic heterocycles. The normalized spacial score (nSPS) is 20.6. The first-order valence-corrected chi connectivity index (χ1v) is 6.74. The molecule has 0 radical (unpaired) electrons. The van der Waals surface area contributed by atoms with Gasteiger partial charge < -0.3 is 9.47 Å². The fourth-order valence-electron chi connectivity index (χ4n) is 2.64. The van der Waals surface area contributed by atoms with Gasteiger partial charge in [-0.25, -0.2) is 9.59 Å². The number of carbonyl (C=O) groups excluding carboxylic acids is 2. The average Bonchev–Trinajstić information content (AvgIpc) is 2.72. The maximum atomic E-state index is 12.1. The van der Waals surface area contributed by atoms with Crippen LogP contribution < -0.4 is 0 Å². The molecule has 104 valence electrons. The van der Waals surface area contributed by atoms with Gasteiger partial charge in [0.05, 0.1) is 0 Å². The number of fused-ring (bicyclic) bond motifs is 1. The third kappa shape index (κ3) is 2.00. The topological polar surface area (TPSA) is 52.6 Å². The number of carbonyl (C=O) groups is 2. The summed E-state index contributed by atoms with van der Waals surface area (Å²) in [5.74, 6) is -2.48. The lowest BCUT2D eigenvalue weighted by Crippen LogP contribution is -2.42. The van der Waals surface area contributed by atoms with Crippen molar-refractivity contribution in [3.05, 3.63) is 39.9 Å². The molecule has 0 saturated carbocycles. The van der Waals surface area contributed by atoms with E-state index in [-0.39, 0.29) is 5.57 Å². The van der Waals surface area contributed by atoms with Gasteiger partial charge in [0.1, 0.15) is 5.57 Å². The molecular formula is C15H13ClO4. The smallest absolute Gasteiger partial charge is 0.349 e. The van der Waals surface area contributed by atoms with Gasteiger partial charge in [-0.3, -0.25) is 0 Å². The van der Waals surface area contributed by atoms with Crippen molar-refractivity contribution in [2.45, 2.75) is 32.5 Å². The Bertz CT molecular complexity index is 636. The molecular weight excluding hydrogens is 280 g/mol. The van der Waals surface area contributed by atoms with Gasteiger partial charge in [0.15, 0.2) is 0 Å².